The monoisotopic (exact) mass is 387 g/mol. The maximum absolute atomic E-state index is 8.36. The molecule has 1 aromatic heterocycles. The first-order valence-corrected chi connectivity index (χ1v) is 9.06. The summed E-state index contributed by atoms with van der Waals surface area (Å²) in [6.45, 7) is 5.40. The molecule has 150 valence electrons. The van der Waals surface area contributed by atoms with Crippen molar-refractivity contribution in [1.82, 2.24) is 14.8 Å². The van der Waals surface area contributed by atoms with Gasteiger partial charge in [0.2, 0.25) is 6.79 Å². The SMILES string of the molecule is COc1cc2c(cc1-c1ccc(CN3CCN(C)CC3)cn1)OCO2.O=CO. The van der Waals surface area contributed by atoms with Crippen LogP contribution in [0.1, 0.15) is 5.56 Å². The lowest BCUT2D eigenvalue weighted by atomic mass is 10.1. The Hall–Kier alpha value is -2.84. The standard InChI is InChI=1S/C19H23N3O3.CH2O2/c1-21-5-7-22(8-6-21)12-14-3-4-16(20-11-14)15-9-18-19(25-13-24-18)10-17(15)23-2;2-1-3/h3-4,9-11H,5-8,12-13H2,1-2H3;1H,(H,2,3). The molecule has 0 spiro atoms. The second-order valence-corrected chi connectivity index (χ2v) is 6.64. The number of carbonyl (C=O) groups is 1. The van der Waals surface area contributed by atoms with Gasteiger partial charge in [-0.25, -0.2) is 0 Å². The summed E-state index contributed by atoms with van der Waals surface area (Å²) in [5, 5.41) is 6.89. The van der Waals surface area contributed by atoms with Gasteiger partial charge in [0.1, 0.15) is 5.75 Å². The quantitative estimate of drug-likeness (QED) is 0.797. The molecular formula is C20H25N3O5. The van der Waals surface area contributed by atoms with E-state index in [9.17, 15) is 0 Å². The lowest BCUT2D eigenvalue weighted by molar-refractivity contribution is -0.122. The minimum Gasteiger partial charge on any atom is -0.496 e. The Morgan fingerprint density at radius 1 is 1.18 bits per heavy atom. The van der Waals surface area contributed by atoms with Gasteiger partial charge < -0.3 is 24.2 Å². The van der Waals surface area contributed by atoms with E-state index in [1.807, 2.05) is 24.4 Å². The van der Waals surface area contributed by atoms with Gasteiger partial charge in [-0.1, -0.05) is 6.07 Å². The average molecular weight is 387 g/mol. The molecule has 0 unspecified atom stereocenters. The molecule has 2 aliphatic heterocycles. The number of piperazine rings is 1. The van der Waals surface area contributed by atoms with Crippen LogP contribution in [0.5, 0.6) is 17.2 Å². The van der Waals surface area contributed by atoms with Crippen molar-refractivity contribution >= 4 is 6.47 Å². The van der Waals surface area contributed by atoms with E-state index in [0.29, 0.717) is 5.75 Å². The van der Waals surface area contributed by atoms with Crippen LogP contribution in [0.25, 0.3) is 11.3 Å². The lowest BCUT2D eigenvalue weighted by Crippen LogP contribution is -2.43. The Bertz CT molecular complexity index is 789. The van der Waals surface area contributed by atoms with Gasteiger partial charge >= 0.3 is 0 Å². The van der Waals surface area contributed by atoms with E-state index >= 15 is 0 Å². The molecule has 1 fully saturated rings. The molecule has 0 amide bonds. The van der Waals surface area contributed by atoms with Crippen molar-refractivity contribution in [3.63, 3.8) is 0 Å². The smallest absolute Gasteiger partial charge is 0.290 e. The molecular weight excluding hydrogens is 362 g/mol. The Kier molecular flexibility index (Phi) is 6.67. The highest BCUT2D eigenvalue weighted by atomic mass is 16.7. The topological polar surface area (TPSA) is 84.4 Å². The molecule has 0 radical (unpaired) electrons. The zero-order chi connectivity index (χ0) is 19.9. The van der Waals surface area contributed by atoms with Gasteiger partial charge in [-0.15, -0.1) is 0 Å². The van der Waals surface area contributed by atoms with Crippen LogP contribution in [0.4, 0.5) is 0 Å². The predicted octanol–water partition coefficient (Wildman–Crippen LogP) is 1.93. The molecule has 0 saturated carbocycles. The molecule has 0 atom stereocenters. The number of likely N-dealkylation sites (N-methyl/N-ethyl adjacent to an activating group) is 1. The fraction of sp³-hybridized carbons (Fsp3) is 0.400. The van der Waals surface area contributed by atoms with Crippen LogP contribution in [0.3, 0.4) is 0 Å². The number of rotatable bonds is 4. The van der Waals surface area contributed by atoms with Gasteiger partial charge in [0, 0.05) is 50.6 Å². The van der Waals surface area contributed by atoms with Gasteiger partial charge in [-0.2, -0.15) is 0 Å². The fourth-order valence-electron chi connectivity index (χ4n) is 3.23. The first kappa shape index (κ1) is 19.9. The van der Waals surface area contributed by atoms with Crippen molar-refractivity contribution in [3.8, 4) is 28.5 Å². The lowest BCUT2D eigenvalue weighted by Gasteiger charge is -2.32. The van der Waals surface area contributed by atoms with Crippen LogP contribution in [-0.2, 0) is 11.3 Å². The van der Waals surface area contributed by atoms with Crippen LogP contribution in [0.2, 0.25) is 0 Å². The number of fused-ring (bicyclic) bond motifs is 1. The number of benzene rings is 1. The molecule has 0 aliphatic carbocycles. The van der Waals surface area contributed by atoms with Crippen molar-refractivity contribution in [2.45, 2.75) is 6.54 Å². The maximum Gasteiger partial charge on any atom is 0.290 e. The molecule has 8 nitrogen and oxygen atoms in total. The summed E-state index contributed by atoms with van der Waals surface area (Å²) < 4.78 is 16.4. The van der Waals surface area contributed by atoms with Crippen molar-refractivity contribution in [3.05, 3.63) is 36.0 Å². The van der Waals surface area contributed by atoms with Crippen molar-refractivity contribution in [2.75, 3.05) is 47.1 Å². The van der Waals surface area contributed by atoms with Crippen molar-refractivity contribution < 1.29 is 24.1 Å². The number of ether oxygens (including phenoxy) is 3. The average Bonchev–Trinajstić information content (AvgIpc) is 3.17. The summed E-state index contributed by atoms with van der Waals surface area (Å²) in [4.78, 5) is 17.8. The first-order chi connectivity index (χ1) is 13.6. The van der Waals surface area contributed by atoms with Crippen molar-refractivity contribution in [2.24, 2.45) is 0 Å². The molecule has 1 saturated heterocycles. The summed E-state index contributed by atoms with van der Waals surface area (Å²) in [6, 6.07) is 7.98. The van der Waals surface area contributed by atoms with Gasteiger partial charge in [0.05, 0.1) is 12.8 Å². The second kappa shape index (κ2) is 9.38. The molecule has 8 heteroatoms. The minimum atomic E-state index is -0.250. The van der Waals surface area contributed by atoms with Crippen LogP contribution in [0.15, 0.2) is 30.5 Å². The summed E-state index contributed by atoms with van der Waals surface area (Å²) in [5.74, 6) is 2.19. The number of methoxy groups -OCH3 is 1. The van der Waals surface area contributed by atoms with Gasteiger partial charge in [-0.3, -0.25) is 14.7 Å². The van der Waals surface area contributed by atoms with Crippen LogP contribution >= 0.6 is 0 Å². The Labute approximate surface area is 164 Å². The van der Waals surface area contributed by atoms with Crippen molar-refractivity contribution in [1.29, 1.82) is 0 Å². The Morgan fingerprint density at radius 3 is 2.46 bits per heavy atom. The van der Waals surface area contributed by atoms with E-state index in [-0.39, 0.29) is 13.3 Å². The van der Waals surface area contributed by atoms with Crippen LogP contribution in [-0.4, -0.2) is 73.5 Å². The summed E-state index contributed by atoms with van der Waals surface area (Å²) >= 11 is 0. The van der Waals surface area contributed by atoms with Gasteiger partial charge in [0.25, 0.3) is 6.47 Å². The Balaban J connectivity index is 0.000000706. The van der Waals surface area contributed by atoms with E-state index in [0.717, 1.165) is 55.5 Å². The summed E-state index contributed by atoms with van der Waals surface area (Å²) in [5.41, 5.74) is 3.02. The molecule has 0 bridgehead atoms. The molecule has 1 aromatic carbocycles. The largest absolute Gasteiger partial charge is 0.496 e. The number of hydrogen-bond donors (Lipinski definition) is 1. The van der Waals surface area contributed by atoms with E-state index in [1.54, 1.807) is 7.11 Å². The number of nitrogens with zero attached hydrogens (tertiary/aromatic N) is 3. The van der Waals surface area contributed by atoms with E-state index in [1.165, 1.54) is 5.56 Å². The third-order valence-electron chi connectivity index (χ3n) is 4.80. The van der Waals surface area contributed by atoms with Gasteiger partial charge in [-0.05, 0) is 24.7 Å². The highest BCUT2D eigenvalue weighted by Crippen LogP contribution is 2.41. The fourth-order valence-corrected chi connectivity index (χ4v) is 3.23. The van der Waals surface area contributed by atoms with Crippen LogP contribution in [0, 0.1) is 0 Å². The number of carboxylic acid groups (broad SMARTS) is 1. The Morgan fingerprint density at radius 2 is 1.86 bits per heavy atom. The molecule has 4 rings (SSSR count). The van der Waals surface area contributed by atoms with E-state index in [2.05, 4.69) is 27.9 Å². The van der Waals surface area contributed by atoms with E-state index < -0.39 is 0 Å². The third kappa shape index (κ3) is 4.71. The molecule has 28 heavy (non-hydrogen) atoms. The number of aromatic nitrogens is 1. The zero-order valence-electron chi connectivity index (χ0n) is 16.1. The van der Waals surface area contributed by atoms with Gasteiger partial charge in [0.15, 0.2) is 11.5 Å². The predicted molar refractivity (Wildman–Crippen MR) is 104 cm³/mol. The normalized spacial score (nSPS) is 16.2. The molecule has 1 N–H and O–H groups in total. The molecule has 3 heterocycles. The highest BCUT2D eigenvalue weighted by Gasteiger charge is 2.19. The highest BCUT2D eigenvalue weighted by molar-refractivity contribution is 5.72. The minimum absolute atomic E-state index is 0.249. The number of pyridine rings is 1. The summed E-state index contributed by atoms with van der Waals surface area (Å²) in [6.07, 6.45) is 1.96. The maximum atomic E-state index is 8.36. The first-order valence-electron chi connectivity index (χ1n) is 9.06. The third-order valence-corrected chi connectivity index (χ3v) is 4.80. The van der Waals surface area contributed by atoms with E-state index in [4.69, 9.17) is 24.1 Å². The second-order valence-electron chi connectivity index (χ2n) is 6.64. The molecule has 2 aliphatic rings. The number of hydrogen-bond acceptors (Lipinski definition) is 7. The molecule has 2 aromatic rings. The zero-order valence-corrected chi connectivity index (χ0v) is 16.1. The summed E-state index contributed by atoms with van der Waals surface area (Å²) in [7, 11) is 3.83. The van der Waals surface area contributed by atoms with Crippen LogP contribution < -0.4 is 14.2 Å².